The first kappa shape index (κ1) is 20.1. The zero-order chi connectivity index (χ0) is 19.6. The predicted molar refractivity (Wildman–Crippen MR) is 110 cm³/mol. The highest BCUT2D eigenvalue weighted by Crippen LogP contribution is 2.33. The lowest BCUT2D eigenvalue weighted by Gasteiger charge is -2.29. The molecular weight excluding hydrogens is 360 g/mol. The van der Waals surface area contributed by atoms with Crippen molar-refractivity contribution < 1.29 is 12.8 Å². The fraction of sp³-hybridized carbons (Fsp3) is 0.591. The fourth-order valence-electron chi connectivity index (χ4n) is 4.18. The van der Waals surface area contributed by atoms with Gasteiger partial charge in [0.2, 0.25) is 0 Å². The minimum absolute atomic E-state index is 0.268. The molecule has 0 aliphatic heterocycles. The summed E-state index contributed by atoms with van der Waals surface area (Å²) in [5.74, 6) is 1.36. The second kappa shape index (κ2) is 8.17. The number of aryl methyl sites for hydroxylation is 2. The Morgan fingerprint density at radius 3 is 2.37 bits per heavy atom. The lowest BCUT2D eigenvalue weighted by Crippen LogP contribution is -2.26. The van der Waals surface area contributed by atoms with Crippen LogP contribution in [0.15, 0.2) is 33.5 Å². The molecule has 2 aromatic rings. The van der Waals surface area contributed by atoms with Gasteiger partial charge in [0.25, 0.3) is 0 Å². The van der Waals surface area contributed by atoms with E-state index in [0.29, 0.717) is 23.2 Å². The Balaban J connectivity index is 1.56. The van der Waals surface area contributed by atoms with Gasteiger partial charge in [0.15, 0.2) is 9.84 Å². The van der Waals surface area contributed by atoms with E-state index in [1.54, 1.807) is 13.8 Å². The molecule has 0 atom stereocenters. The Kier molecular flexibility index (Phi) is 6.09. The molecule has 1 saturated carbocycles. The maximum absolute atomic E-state index is 12.1. The number of fused-ring (bicyclic) bond motifs is 1. The summed E-state index contributed by atoms with van der Waals surface area (Å²) >= 11 is 0. The first-order chi connectivity index (χ1) is 12.8. The largest absolute Gasteiger partial charge is 0.423 e. The molecule has 0 unspecified atom stereocenters. The van der Waals surface area contributed by atoms with Gasteiger partial charge in [-0.05, 0) is 81.5 Å². The van der Waals surface area contributed by atoms with Gasteiger partial charge in [0.05, 0.1) is 11.0 Å². The second-order valence-corrected chi connectivity index (χ2v) is 10.9. The topological polar surface area (TPSA) is 64.3 Å². The summed E-state index contributed by atoms with van der Waals surface area (Å²) in [5, 5.41) is 0.741. The standard InChI is InChI=1S/C22H30O4S/c1-15(2)27(24,25)14-18-6-4-17(5-7-18)8-9-19-10-12-21-20(16(19)3)11-13-22(23)26-21/h10-13,15,17-18H,4-9,14H2,1-3H3. The van der Waals surface area contributed by atoms with E-state index in [1.165, 1.54) is 17.2 Å². The molecule has 148 valence electrons. The van der Waals surface area contributed by atoms with E-state index in [0.717, 1.165) is 43.9 Å². The van der Waals surface area contributed by atoms with Crippen molar-refractivity contribution in [2.75, 3.05) is 5.75 Å². The maximum Gasteiger partial charge on any atom is 0.336 e. The molecule has 3 rings (SSSR count). The summed E-state index contributed by atoms with van der Waals surface area (Å²) in [6, 6.07) is 7.29. The summed E-state index contributed by atoms with van der Waals surface area (Å²) in [7, 11) is -2.93. The molecule has 0 amide bonds. The van der Waals surface area contributed by atoms with Crippen molar-refractivity contribution in [2.45, 2.75) is 64.5 Å². The van der Waals surface area contributed by atoms with E-state index in [9.17, 15) is 13.2 Å². The Bertz CT molecular complexity index is 948. The summed E-state index contributed by atoms with van der Waals surface area (Å²) < 4.78 is 29.5. The molecule has 0 bridgehead atoms. The lowest BCUT2D eigenvalue weighted by molar-refractivity contribution is 0.278. The molecule has 4 nitrogen and oxygen atoms in total. The van der Waals surface area contributed by atoms with Crippen LogP contribution in [0, 0.1) is 18.8 Å². The summed E-state index contributed by atoms with van der Waals surface area (Å²) in [6.45, 7) is 5.64. The number of hydrogen-bond donors (Lipinski definition) is 0. The molecule has 0 spiro atoms. The summed E-state index contributed by atoms with van der Waals surface area (Å²) in [4.78, 5) is 11.4. The third-order valence-corrected chi connectivity index (χ3v) is 8.53. The van der Waals surface area contributed by atoms with Crippen LogP contribution in [-0.2, 0) is 16.3 Å². The van der Waals surface area contributed by atoms with Crippen molar-refractivity contribution in [1.29, 1.82) is 0 Å². The SMILES string of the molecule is Cc1c(CCC2CCC(CS(=O)(=O)C(C)C)CC2)ccc2oc(=O)ccc12. The van der Waals surface area contributed by atoms with Crippen LogP contribution < -0.4 is 5.63 Å². The van der Waals surface area contributed by atoms with Crippen molar-refractivity contribution in [1.82, 2.24) is 0 Å². The third-order valence-electron chi connectivity index (χ3n) is 6.16. The van der Waals surface area contributed by atoms with E-state index in [1.807, 2.05) is 12.1 Å². The fourth-order valence-corrected chi connectivity index (χ4v) is 5.55. The van der Waals surface area contributed by atoms with Gasteiger partial charge in [-0.3, -0.25) is 0 Å². The van der Waals surface area contributed by atoms with Gasteiger partial charge in [-0.25, -0.2) is 13.2 Å². The lowest BCUT2D eigenvalue weighted by atomic mass is 9.80. The minimum Gasteiger partial charge on any atom is -0.423 e. The number of sulfone groups is 1. The van der Waals surface area contributed by atoms with Gasteiger partial charge in [0, 0.05) is 11.5 Å². The normalized spacial score (nSPS) is 21.0. The van der Waals surface area contributed by atoms with Gasteiger partial charge in [-0.15, -0.1) is 0 Å². The van der Waals surface area contributed by atoms with Gasteiger partial charge < -0.3 is 4.42 Å². The molecule has 1 fully saturated rings. The summed E-state index contributed by atoms with van der Waals surface area (Å²) in [6.07, 6.45) is 6.45. The zero-order valence-corrected chi connectivity index (χ0v) is 17.3. The Morgan fingerprint density at radius 2 is 1.70 bits per heavy atom. The van der Waals surface area contributed by atoms with Crippen LogP contribution in [0.25, 0.3) is 11.0 Å². The minimum atomic E-state index is -2.93. The van der Waals surface area contributed by atoms with E-state index in [2.05, 4.69) is 13.0 Å². The molecule has 1 aromatic heterocycles. The van der Waals surface area contributed by atoms with Crippen LogP contribution in [0.3, 0.4) is 0 Å². The van der Waals surface area contributed by atoms with Crippen LogP contribution in [-0.4, -0.2) is 19.4 Å². The summed E-state index contributed by atoms with van der Waals surface area (Å²) in [5.41, 5.74) is 2.83. The molecule has 0 saturated heterocycles. The van der Waals surface area contributed by atoms with Crippen LogP contribution in [0.4, 0.5) is 0 Å². The monoisotopic (exact) mass is 390 g/mol. The van der Waals surface area contributed by atoms with Gasteiger partial charge in [0.1, 0.15) is 5.58 Å². The van der Waals surface area contributed by atoms with Crippen molar-refractivity contribution in [2.24, 2.45) is 11.8 Å². The number of hydrogen-bond acceptors (Lipinski definition) is 4. The predicted octanol–water partition coefficient (Wildman–Crippen LogP) is 4.66. The smallest absolute Gasteiger partial charge is 0.336 e. The number of benzene rings is 1. The van der Waals surface area contributed by atoms with E-state index in [4.69, 9.17) is 4.42 Å². The maximum atomic E-state index is 12.1. The van der Waals surface area contributed by atoms with Crippen molar-refractivity contribution in [3.05, 3.63) is 45.8 Å². The van der Waals surface area contributed by atoms with Crippen LogP contribution >= 0.6 is 0 Å². The highest BCUT2D eigenvalue weighted by Gasteiger charge is 2.27. The molecule has 5 heteroatoms. The van der Waals surface area contributed by atoms with Gasteiger partial charge in [-0.2, -0.15) is 0 Å². The van der Waals surface area contributed by atoms with E-state index < -0.39 is 9.84 Å². The van der Waals surface area contributed by atoms with Crippen molar-refractivity contribution in [3.63, 3.8) is 0 Å². The van der Waals surface area contributed by atoms with Gasteiger partial charge >= 0.3 is 5.63 Å². The molecule has 1 heterocycles. The molecule has 27 heavy (non-hydrogen) atoms. The van der Waals surface area contributed by atoms with E-state index in [-0.39, 0.29) is 10.9 Å². The van der Waals surface area contributed by atoms with E-state index >= 15 is 0 Å². The Hall–Kier alpha value is -1.62. The average Bonchev–Trinajstić information content (AvgIpc) is 2.62. The average molecular weight is 391 g/mol. The highest BCUT2D eigenvalue weighted by molar-refractivity contribution is 7.91. The molecule has 1 aliphatic rings. The quantitative estimate of drug-likeness (QED) is 0.673. The molecule has 1 aliphatic carbocycles. The van der Waals surface area contributed by atoms with Crippen molar-refractivity contribution in [3.8, 4) is 0 Å². The first-order valence-electron chi connectivity index (χ1n) is 10.00. The first-order valence-corrected chi connectivity index (χ1v) is 11.7. The molecular formula is C22H30O4S. The zero-order valence-electron chi connectivity index (χ0n) is 16.5. The third kappa shape index (κ3) is 4.81. The van der Waals surface area contributed by atoms with Gasteiger partial charge in [-0.1, -0.05) is 18.9 Å². The van der Waals surface area contributed by atoms with Crippen LogP contribution in [0.2, 0.25) is 0 Å². The Labute approximate surface area is 161 Å². The number of rotatable bonds is 6. The van der Waals surface area contributed by atoms with Crippen molar-refractivity contribution >= 4 is 20.8 Å². The molecule has 0 N–H and O–H groups in total. The molecule has 1 aromatic carbocycles. The highest BCUT2D eigenvalue weighted by atomic mass is 32.2. The van der Waals surface area contributed by atoms with Crippen LogP contribution in [0.1, 0.15) is 57.1 Å². The molecule has 0 radical (unpaired) electrons. The van der Waals surface area contributed by atoms with Crippen LogP contribution in [0.5, 0.6) is 0 Å². The Morgan fingerprint density at radius 1 is 1.04 bits per heavy atom. The second-order valence-electron chi connectivity index (χ2n) is 8.32.